The quantitative estimate of drug-likeness (QED) is 0.468. The maximum atomic E-state index is 13.6. The molecular formula is C23H22Br2N2O5. The fraction of sp³-hybridized carbons (Fsp3) is 0.348. The number of carbonyl (C=O) groups is 3. The standard InChI is InChI=1S/C23H22Br2N2O5/c1-11(2)10-23(22(31)32)18-17(19(26-23)15-9-13(25)5-8-16(15)28)20(29)27(21(18)30)14-6-3-12(24)4-7-14/h3-9,11,17-19,26,28H,10H2,1-2H3,(H,31,32)/t17-,18-,19-,23-/m0/s1. The van der Waals surface area contributed by atoms with Gasteiger partial charge in [-0.2, -0.15) is 0 Å². The SMILES string of the molecule is CC(C)C[C@]1(C(=O)O)N[C@@H](c2cc(Br)ccc2O)[C@H]2C(=O)N(c3ccc(Br)cc3)C(=O)[C@H]21. The normalized spacial score (nSPS) is 27.3. The number of carbonyl (C=O) groups excluding carboxylic acids is 2. The lowest BCUT2D eigenvalue weighted by atomic mass is 9.75. The van der Waals surface area contributed by atoms with Gasteiger partial charge in [-0.25, -0.2) is 4.90 Å². The van der Waals surface area contributed by atoms with Gasteiger partial charge in [0.15, 0.2) is 0 Å². The summed E-state index contributed by atoms with van der Waals surface area (Å²) in [5.41, 5.74) is -0.881. The van der Waals surface area contributed by atoms with E-state index in [2.05, 4.69) is 37.2 Å². The number of hydrogen-bond donors (Lipinski definition) is 3. The highest BCUT2D eigenvalue weighted by molar-refractivity contribution is 9.10. The molecule has 9 heteroatoms. The first-order chi connectivity index (χ1) is 15.1. The van der Waals surface area contributed by atoms with Crippen molar-refractivity contribution in [3.8, 4) is 5.75 Å². The molecule has 0 aromatic heterocycles. The Hall–Kier alpha value is -2.23. The van der Waals surface area contributed by atoms with Gasteiger partial charge < -0.3 is 10.2 Å². The molecule has 2 aliphatic heterocycles. The molecule has 0 saturated carbocycles. The minimum atomic E-state index is -1.64. The summed E-state index contributed by atoms with van der Waals surface area (Å²) < 4.78 is 1.46. The average molecular weight is 566 g/mol. The summed E-state index contributed by atoms with van der Waals surface area (Å²) in [7, 11) is 0. The number of anilines is 1. The topological polar surface area (TPSA) is 107 Å². The number of nitrogens with zero attached hydrogens (tertiary/aromatic N) is 1. The van der Waals surface area contributed by atoms with Crippen LogP contribution in [0, 0.1) is 17.8 Å². The highest BCUT2D eigenvalue weighted by Gasteiger charge is 2.68. The second-order valence-electron chi connectivity index (χ2n) is 8.69. The lowest BCUT2D eigenvalue weighted by molar-refractivity contribution is -0.149. The van der Waals surface area contributed by atoms with E-state index in [4.69, 9.17) is 0 Å². The third-order valence-corrected chi connectivity index (χ3v) is 7.20. The Balaban J connectivity index is 1.89. The molecule has 7 nitrogen and oxygen atoms in total. The van der Waals surface area contributed by atoms with Crippen molar-refractivity contribution < 1.29 is 24.6 Å². The average Bonchev–Trinajstić information content (AvgIpc) is 3.19. The molecule has 0 aliphatic carbocycles. The smallest absolute Gasteiger partial charge is 0.324 e. The van der Waals surface area contributed by atoms with Crippen LogP contribution in [0.2, 0.25) is 0 Å². The number of fused-ring (bicyclic) bond motifs is 1. The number of phenolic OH excluding ortho intramolecular Hbond substituents is 1. The van der Waals surface area contributed by atoms with Crippen LogP contribution < -0.4 is 10.2 Å². The number of phenols is 1. The molecule has 2 saturated heterocycles. The van der Waals surface area contributed by atoms with E-state index in [1.165, 1.54) is 6.07 Å². The Morgan fingerprint density at radius 1 is 1.09 bits per heavy atom. The second kappa shape index (κ2) is 8.28. The Labute approximate surface area is 202 Å². The number of amides is 2. The van der Waals surface area contributed by atoms with Crippen LogP contribution in [-0.2, 0) is 14.4 Å². The van der Waals surface area contributed by atoms with Crippen LogP contribution in [0.1, 0.15) is 31.9 Å². The molecule has 2 aromatic carbocycles. The Bertz CT molecular complexity index is 1100. The van der Waals surface area contributed by atoms with Gasteiger partial charge >= 0.3 is 5.97 Å². The van der Waals surface area contributed by atoms with Crippen LogP contribution in [0.4, 0.5) is 5.69 Å². The number of aliphatic carboxylic acids is 1. The second-order valence-corrected chi connectivity index (χ2v) is 10.5. The van der Waals surface area contributed by atoms with Gasteiger partial charge in [0.1, 0.15) is 11.3 Å². The molecule has 4 rings (SSSR count). The summed E-state index contributed by atoms with van der Waals surface area (Å²) >= 11 is 6.72. The Morgan fingerprint density at radius 3 is 2.31 bits per heavy atom. The number of benzene rings is 2. The number of nitrogens with one attached hydrogen (secondary N) is 1. The fourth-order valence-corrected chi connectivity index (χ4v) is 5.65. The molecule has 2 heterocycles. The van der Waals surface area contributed by atoms with Crippen molar-refractivity contribution in [2.45, 2.75) is 31.8 Å². The predicted octanol–water partition coefficient (Wildman–Crippen LogP) is 4.24. The summed E-state index contributed by atoms with van der Waals surface area (Å²) in [5, 5.41) is 24.0. The number of carboxylic acid groups (broad SMARTS) is 1. The number of halogens is 2. The Morgan fingerprint density at radius 2 is 1.72 bits per heavy atom. The van der Waals surface area contributed by atoms with Gasteiger partial charge in [-0.1, -0.05) is 45.7 Å². The van der Waals surface area contributed by atoms with E-state index < -0.39 is 41.2 Å². The van der Waals surface area contributed by atoms with E-state index in [-0.39, 0.29) is 18.1 Å². The van der Waals surface area contributed by atoms with Gasteiger partial charge in [0, 0.05) is 20.6 Å². The van der Waals surface area contributed by atoms with E-state index in [1.807, 2.05) is 13.8 Å². The van der Waals surface area contributed by atoms with Crippen molar-refractivity contribution in [1.82, 2.24) is 5.32 Å². The van der Waals surface area contributed by atoms with Gasteiger partial charge in [0.05, 0.1) is 17.5 Å². The number of carboxylic acids is 1. The zero-order valence-electron chi connectivity index (χ0n) is 17.4. The highest BCUT2D eigenvalue weighted by Crippen LogP contribution is 2.53. The van der Waals surface area contributed by atoms with Crippen LogP contribution >= 0.6 is 31.9 Å². The van der Waals surface area contributed by atoms with Crippen LogP contribution in [0.15, 0.2) is 51.4 Å². The summed E-state index contributed by atoms with van der Waals surface area (Å²) in [5.74, 6) is -4.42. The van der Waals surface area contributed by atoms with Crippen molar-refractivity contribution in [3.05, 3.63) is 57.0 Å². The van der Waals surface area contributed by atoms with Gasteiger partial charge in [-0.3, -0.25) is 19.7 Å². The monoisotopic (exact) mass is 564 g/mol. The fourth-order valence-electron chi connectivity index (χ4n) is 5.00. The van der Waals surface area contributed by atoms with Crippen LogP contribution in [0.3, 0.4) is 0 Å². The van der Waals surface area contributed by atoms with Crippen molar-refractivity contribution in [2.24, 2.45) is 17.8 Å². The van der Waals surface area contributed by atoms with Gasteiger partial charge in [-0.05, 0) is 54.8 Å². The number of rotatable bonds is 5. The molecule has 0 radical (unpaired) electrons. The molecule has 0 bridgehead atoms. The van der Waals surface area contributed by atoms with Gasteiger partial charge in [-0.15, -0.1) is 0 Å². The third-order valence-electron chi connectivity index (χ3n) is 6.18. The molecule has 3 N–H and O–H groups in total. The first kappa shape index (κ1) is 22.9. The molecule has 2 aliphatic rings. The Kier molecular flexibility index (Phi) is 5.94. The van der Waals surface area contributed by atoms with Crippen LogP contribution in [0.5, 0.6) is 5.75 Å². The molecule has 0 unspecified atom stereocenters. The molecule has 2 fully saturated rings. The van der Waals surface area contributed by atoms with E-state index in [1.54, 1.807) is 36.4 Å². The summed E-state index contributed by atoms with van der Waals surface area (Å²) in [4.78, 5) is 41.0. The van der Waals surface area contributed by atoms with Gasteiger partial charge in [0.2, 0.25) is 11.8 Å². The zero-order valence-corrected chi connectivity index (χ0v) is 20.6. The lowest BCUT2D eigenvalue weighted by Crippen LogP contribution is -2.56. The van der Waals surface area contributed by atoms with Crippen LogP contribution in [0.25, 0.3) is 0 Å². The predicted molar refractivity (Wildman–Crippen MR) is 125 cm³/mol. The lowest BCUT2D eigenvalue weighted by Gasteiger charge is -2.32. The first-order valence-corrected chi connectivity index (χ1v) is 11.8. The van der Waals surface area contributed by atoms with Crippen molar-refractivity contribution in [2.75, 3.05) is 4.90 Å². The van der Waals surface area contributed by atoms with Gasteiger partial charge in [0.25, 0.3) is 0 Å². The molecule has 32 heavy (non-hydrogen) atoms. The summed E-state index contributed by atoms with van der Waals surface area (Å²) in [6.45, 7) is 3.75. The van der Waals surface area contributed by atoms with Crippen LogP contribution in [-0.4, -0.2) is 33.5 Å². The number of aromatic hydroxyl groups is 1. The molecule has 0 spiro atoms. The molecule has 168 valence electrons. The number of imide groups is 1. The van der Waals surface area contributed by atoms with E-state index in [9.17, 15) is 24.6 Å². The summed E-state index contributed by atoms with van der Waals surface area (Å²) in [6.07, 6.45) is 0.155. The molecular weight excluding hydrogens is 544 g/mol. The van der Waals surface area contributed by atoms with E-state index in [0.717, 1.165) is 9.37 Å². The minimum Gasteiger partial charge on any atom is -0.508 e. The maximum absolute atomic E-state index is 13.6. The zero-order chi connectivity index (χ0) is 23.4. The molecule has 2 aromatic rings. The van der Waals surface area contributed by atoms with Crippen molar-refractivity contribution in [3.63, 3.8) is 0 Å². The summed E-state index contributed by atoms with van der Waals surface area (Å²) in [6, 6.07) is 10.7. The molecule has 2 amide bonds. The third kappa shape index (κ3) is 3.56. The van der Waals surface area contributed by atoms with Crippen molar-refractivity contribution in [1.29, 1.82) is 0 Å². The largest absolute Gasteiger partial charge is 0.508 e. The van der Waals surface area contributed by atoms with Crippen molar-refractivity contribution >= 4 is 55.3 Å². The maximum Gasteiger partial charge on any atom is 0.324 e. The first-order valence-electron chi connectivity index (χ1n) is 10.2. The highest BCUT2D eigenvalue weighted by atomic mass is 79.9. The van der Waals surface area contributed by atoms with E-state index in [0.29, 0.717) is 15.7 Å². The minimum absolute atomic E-state index is 0.0567. The molecule has 4 atom stereocenters. The number of hydrogen-bond acceptors (Lipinski definition) is 5. The van der Waals surface area contributed by atoms with E-state index >= 15 is 0 Å².